The van der Waals surface area contributed by atoms with Crippen LogP contribution < -0.4 is 11.1 Å². The first-order valence-electron chi connectivity index (χ1n) is 9.69. The molecule has 1 aliphatic heterocycles. The van der Waals surface area contributed by atoms with Crippen molar-refractivity contribution in [3.05, 3.63) is 35.9 Å². The fourth-order valence-corrected chi connectivity index (χ4v) is 3.04. The number of likely N-dealkylation sites (tertiary alicyclic amines) is 1. The second-order valence-corrected chi connectivity index (χ2v) is 6.73. The van der Waals surface area contributed by atoms with Crippen LogP contribution in [-0.2, 0) is 11.3 Å². The molecule has 1 aromatic carbocycles. The SMILES string of the molecule is CCCCNC(N)=NCCCOC1CCN(Cc2ccccc2)CC1.I. The highest BCUT2D eigenvalue weighted by Gasteiger charge is 2.19. The number of piperidine rings is 1. The quantitative estimate of drug-likeness (QED) is 0.236. The molecule has 3 N–H and O–H groups in total. The van der Waals surface area contributed by atoms with Crippen molar-refractivity contribution in [2.24, 2.45) is 10.7 Å². The van der Waals surface area contributed by atoms with Crippen LogP contribution in [0.2, 0.25) is 0 Å². The van der Waals surface area contributed by atoms with Gasteiger partial charge in [-0.1, -0.05) is 43.7 Å². The van der Waals surface area contributed by atoms with E-state index >= 15 is 0 Å². The number of hydrogen-bond acceptors (Lipinski definition) is 3. The number of aliphatic imine (C=N–C) groups is 1. The molecule has 1 saturated heterocycles. The Hall–Kier alpha value is -0.860. The largest absolute Gasteiger partial charge is 0.378 e. The molecule has 148 valence electrons. The van der Waals surface area contributed by atoms with Crippen LogP contribution in [0.5, 0.6) is 0 Å². The molecule has 0 aromatic heterocycles. The average molecular weight is 474 g/mol. The van der Waals surface area contributed by atoms with Crippen LogP contribution in [-0.4, -0.2) is 49.7 Å². The Bertz CT molecular complexity index is 490. The Morgan fingerprint density at radius 1 is 1.23 bits per heavy atom. The molecule has 26 heavy (non-hydrogen) atoms. The van der Waals surface area contributed by atoms with Gasteiger partial charge in [0, 0.05) is 39.3 Å². The maximum atomic E-state index is 6.00. The first-order chi connectivity index (χ1) is 12.3. The summed E-state index contributed by atoms with van der Waals surface area (Å²) in [7, 11) is 0. The number of hydrogen-bond donors (Lipinski definition) is 2. The number of rotatable bonds is 10. The van der Waals surface area contributed by atoms with E-state index in [1.165, 1.54) is 5.56 Å². The molecule has 0 bridgehead atoms. The average Bonchev–Trinajstić information content (AvgIpc) is 2.64. The maximum Gasteiger partial charge on any atom is 0.188 e. The van der Waals surface area contributed by atoms with Crippen molar-refractivity contribution in [2.75, 3.05) is 32.8 Å². The van der Waals surface area contributed by atoms with E-state index in [2.05, 4.69) is 52.5 Å². The summed E-state index contributed by atoms with van der Waals surface area (Å²) in [6, 6.07) is 10.7. The molecule has 5 nitrogen and oxygen atoms in total. The van der Waals surface area contributed by atoms with Gasteiger partial charge in [-0.15, -0.1) is 24.0 Å². The van der Waals surface area contributed by atoms with Crippen LogP contribution >= 0.6 is 24.0 Å². The van der Waals surface area contributed by atoms with Crippen molar-refractivity contribution in [3.8, 4) is 0 Å². The molecule has 0 atom stereocenters. The van der Waals surface area contributed by atoms with E-state index in [1.807, 2.05) is 0 Å². The molecule has 1 aliphatic rings. The molecule has 0 unspecified atom stereocenters. The number of guanidine groups is 1. The highest BCUT2D eigenvalue weighted by atomic mass is 127. The van der Waals surface area contributed by atoms with Crippen LogP contribution in [0.1, 0.15) is 44.6 Å². The molecule has 0 amide bonds. The van der Waals surface area contributed by atoms with E-state index in [0.29, 0.717) is 12.1 Å². The highest BCUT2D eigenvalue weighted by Crippen LogP contribution is 2.16. The molecule has 0 saturated carbocycles. The summed E-state index contributed by atoms with van der Waals surface area (Å²) in [5.74, 6) is 0.558. The summed E-state index contributed by atoms with van der Waals surface area (Å²) in [6.45, 7) is 7.86. The number of benzene rings is 1. The molecular formula is C20H35IN4O. The van der Waals surface area contributed by atoms with Crippen molar-refractivity contribution in [3.63, 3.8) is 0 Å². The van der Waals surface area contributed by atoms with Crippen molar-refractivity contribution in [2.45, 2.75) is 51.7 Å². The zero-order valence-corrected chi connectivity index (χ0v) is 18.4. The van der Waals surface area contributed by atoms with E-state index in [4.69, 9.17) is 10.5 Å². The van der Waals surface area contributed by atoms with Gasteiger partial charge in [-0.2, -0.15) is 0 Å². The predicted molar refractivity (Wildman–Crippen MR) is 120 cm³/mol. The van der Waals surface area contributed by atoms with Gasteiger partial charge in [0.25, 0.3) is 0 Å². The second kappa shape index (κ2) is 14.2. The molecule has 2 rings (SSSR count). The van der Waals surface area contributed by atoms with Gasteiger partial charge in [0.1, 0.15) is 0 Å². The fourth-order valence-electron chi connectivity index (χ4n) is 3.04. The number of halogens is 1. The first kappa shape index (κ1) is 23.2. The molecule has 0 spiro atoms. The van der Waals surface area contributed by atoms with Crippen molar-refractivity contribution in [1.82, 2.24) is 10.2 Å². The molecule has 1 aromatic rings. The van der Waals surface area contributed by atoms with Crippen LogP contribution in [0.25, 0.3) is 0 Å². The van der Waals surface area contributed by atoms with Crippen molar-refractivity contribution < 1.29 is 4.74 Å². The lowest BCUT2D eigenvalue weighted by Gasteiger charge is -2.31. The summed E-state index contributed by atoms with van der Waals surface area (Å²) in [4.78, 5) is 6.85. The zero-order chi connectivity index (χ0) is 17.7. The summed E-state index contributed by atoms with van der Waals surface area (Å²) >= 11 is 0. The summed E-state index contributed by atoms with van der Waals surface area (Å²) < 4.78 is 6.00. The third kappa shape index (κ3) is 9.73. The Kier molecular flexibility index (Phi) is 12.7. The Labute approximate surface area is 175 Å². The van der Waals surface area contributed by atoms with Gasteiger partial charge in [-0.3, -0.25) is 9.89 Å². The number of ether oxygens (including phenoxy) is 1. The zero-order valence-electron chi connectivity index (χ0n) is 16.0. The van der Waals surface area contributed by atoms with Gasteiger partial charge >= 0.3 is 0 Å². The van der Waals surface area contributed by atoms with E-state index in [1.54, 1.807) is 0 Å². The molecule has 0 radical (unpaired) electrons. The lowest BCUT2D eigenvalue weighted by atomic mass is 10.1. The summed E-state index contributed by atoms with van der Waals surface area (Å²) in [5.41, 5.74) is 7.20. The van der Waals surface area contributed by atoms with Crippen molar-refractivity contribution >= 4 is 29.9 Å². The Balaban J connectivity index is 0.00000338. The Morgan fingerprint density at radius 2 is 1.96 bits per heavy atom. The van der Waals surface area contributed by atoms with Gasteiger partial charge in [0.15, 0.2) is 5.96 Å². The molecule has 1 fully saturated rings. The van der Waals surface area contributed by atoms with Crippen molar-refractivity contribution in [1.29, 1.82) is 0 Å². The number of nitrogens with zero attached hydrogens (tertiary/aromatic N) is 2. The molecule has 6 heteroatoms. The van der Waals surface area contributed by atoms with Gasteiger partial charge < -0.3 is 15.8 Å². The third-order valence-corrected chi connectivity index (χ3v) is 4.56. The van der Waals surface area contributed by atoms with Crippen LogP contribution in [0.15, 0.2) is 35.3 Å². The van der Waals surface area contributed by atoms with E-state index in [9.17, 15) is 0 Å². The minimum Gasteiger partial charge on any atom is -0.378 e. The molecule has 1 heterocycles. The third-order valence-electron chi connectivity index (χ3n) is 4.56. The lowest BCUT2D eigenvalue weighted by Crippen LogP contribution is -2.36. The van der Waals surface area contributed by atoms with Gasteiger partial charge in [0.05, 0.1) is 6.10 Å². The van der Waals surface area contributed by atoms with E-state index in [-0.39, 0.29) is 24.0 Å². The summed E-state index contributed by atoms with van der Waals surface area (Å²) in [5, 5.41) is 3.13. The maximum absolute atomic E-state index is 6.00. The topological polar surface area (TPSA) is 62.9 Å². The Morgan fingerprint density at radius 3 is 2.65 bits per heavy atom. The number of nitrogens with two attached hydrogens (primary N) is 1. The minimum atomic E-state index is 0. The number of unbranched alkanes of at least 4 members (excludes halogenated alkanes) is 1. The first-order valence-corrected chi connectivity index (χ1v) is 9.69. The number of nitrogens with one attached hydrogen (secondary N) is 1. The monoisotopic (exact) mass is 474 g/mol. The fraction of sp³-hybridized carbons (Fsp3) is 0.650. The van der Waals surface area contributed by atoms with Gasteiger partial charge in [0.2, 0.25) is 0 Å². The molecule has 0 aliphatic carbocycles. The predicted octanol–water partition coefficient (Wildman–Crippen LogP) is 3.38. The summed E-state index contributed by atoms with van der Waals surface area (Å²) in [6.07, 6.45) is 5.87. The van der Waals surface area contributed by atoms with Gasteiger partial charge in [-0.25, -0.2) is 0 Å². The lowest BCUT2D eigenvalue weighted by molar-refractivity contribution is 0.00566. The van der Waals surface area contributed by atoms with Crippen LogP contribution in [0.4, 0.5) is 0 Å². The second-order valence-electron chi connectivity index (χ2n) is 6.73. The molecular weight excluding hydrogens is 439 g/mol. The van der Waals surface area contributed by atoms with Crippen LogP contribution in [0, 0.1) is 0 Å². The highest BCUT2D eigenvalue weighted by molar-refractivity contribution is 14.0. The van der Waals surface area contributed by atoms with E-state index in [0.717, 1.165) is 71.4 Å². The smallest absolute Gasteiger partial charge is 0.188 e. The van der Waals surface area contributed by atoms with E-state index < -0.39 is 0 Å². The normalized spacial score (nSPS) is 16.3. The minimum absolute atomic E-state index is 0. The van der Waals surface area contributed by atoms with Gasteiger partial charge in [-0.05, 0) is 31.2 Å². The van der Waals surface area contributed by atoms with Crippen LogP contribution in [0.3, 0.4) is 0 Å². The standard InChI is InChI=1S/C20H34N4O.HI/c1-2-3-12-22-20(21)23-13-7-16-25-19-10-14-24(15-11-19)17-18-8-5-4-6-9-18;/h4-6,8-9,19H,2-3,7,10-17H2,1H3,(H3,21,22,23);1H.